The second-order valence-corrected chi connectivity index (χ2v) is 3.57. The van der Waals surface area contributed by atoms with Crippen molar-refractivity contribution in [3.63, 3.8) is 0 Å². The summed E-state index contributed by atoms with van der Waals surface area (Å²) in [5.41, 5.74) is 0.923. The monoisotopic (exact) mass is 231 g/mol. The lowest BCUT2D eigenvalue weighted by molar-refractivity contribution is -0.137. The van der Waals surface area contributed by atoms with Crippen LogP contribution in [0.3, 0.4) is 0 Å². The van der Waals surface area contributed by atoms with Gasteiger partial charge in [-0.05, 0) is 24.3 Å². The molecule has 0 saturated carbocycles. The van der Waals surface area contributed by atoms with Crippen molar-refractivity contribution in [2.24, 2.45) is 0 Å². The van der Waals surface area contributed by atoms with E-state index in [0.29, 0.717) is 11.3 Å². The zero-order valence-corrected chi connectivity index (χ0v) is 8.75. The number of hydrogen-bond acceptors (Lipinski definition) is 3. The lowest BCUT2D eigenvalue weighted by Crippen LogP contribution is -2.39. The van der Waals surface area contributed by atoms with Crippen LogP contribution in [0.5, 0.6) is 0 Å². The molecule has 2 N–H and O–H groups in total. The molecule has 1 saturated heterocycles. The number of carboxylic acid groups (broad SMARTS) is 1. The fraction of sp³-hybridized carbons (Fsp3) is 0.182. The molecular weight excluding hydrogens is 222 g/mol. The predicted molar refractivity (Wildman–Crippen MR) is 58.5 cm³/mol. The van der Waals surface area contributed by atoms with Crippen LogP contribution in [-0.4, -0.2) is 29.7 Å². The van der Waals surface area contributed by atoms with E-state index in [0.717, 1.165) is 0 Å². The van der Waals surface area contributed by atoms with Gasteiger partial charge >= 0.3 is 12.0 Å². The number of nitriles is 1. The maximum absolute atomic E-state index is 11.5. The summed E-state index contributed by atoms with van der Waals surface area (Å²) < 4.78 is 0. The third-order valence-electron chi connectivity index (χ3n) is 2.54. The number of benzene rings is 1. The van der Waals surface area contributed by atoms with Gasteiger partial charge in [0, 0.05) is 5.69 Å². The van der Waals surface area contributed by atoms with Gasteiger partial charge in [-0.3, -0.25) is 4.90 Å². The normalized spacial score (nSPS) is 18.6. The third-order valence-corrected chi connectivity index (χ3v) is 2.54. The van der Waals surface area contributed by atoms with Crippen molar-refractivity contribution in [1.29, 1.82) is 5.26 Å². The van der Waals surface area contributed by atoms with Crippen molar-refractivity contribution in [1.82, 2.24) is 5.32 Å². The van der Waals surface area contributed by atoms with E-state index in [4.69, 9.17) is 10.4 Å². The quantitative estimate of drug-likeness (QED) is 0.776. The number of carbonyl (C=O) groups excluding carboxylic acids is 1. The zero-order chi connectivity index (χ0) is 12.4. The number of nitrogens with one attached hydrogen (secondary N) is 1. The highest BCUT2D eigenvalue weighted by Crippen LogP contribution is 2.21. The molecule has 1 aliphatic heterocycles. The highest BCUT2D eigenvalue weighted by atomic mass is 16.4. The Morgan fingerprint density at radius 2 is 2.12 bits per heavy atom. The Balaban J connectivity index is 2.33. The van der Waals surface area contributed by atoms with Gasteiger partial charge in [-0.25, -0.2) is 9.59 Å². The first-order valence-electron chi connectivity index (χ1n) is 4.93. The van der Waals surface area contributed by atoms with Gasteiger partial charge in [-0.15, -0.1) is 0 Å². The van der Waals surface area contributed by atoms with Crippen LogP contribution in [0.4, 0.5) is 10.5 Å². The molecule has 1 aliphatic rings. The summed E-state index contributed by atoms with van der Waals surface area (Å²) in [4.78, 5) is 23.7. The molecule has 1 fully saturated rings. The van der Waals surface area contributed by atoms with Gasteiger partial charge in [-0.1, -0.05) is 0 Å². The van der Waals surface area contributed by atoms with Crippen LogP contribution in [0.2, 0.25) is 0 Å². The van der Waals surface area contributed by atoms with E-state index < -0.39 is 18.0 Å². The maximum atomic E-state index is 11.5. The average Bonchev–Trinajstić information content (AvgIpc) is 2.71. The summed E-state index contributed by atoms with van der Waals surface area (Å²) in [5, 5.41) is 20.1. The first-order chi connectivity index (χ1) is 8.13. The summed E-state index contributed by atoms with van der Waals surface area (Å²) in [6.45, 7) is 0.0775. The Hall–Kier alpha value is -2.55. The minimum Gasteiger partial charge on any atom is -0.480 e. The highest BCUT2D eigenvalue weighted by molar-refractivity contribution is 6.01. The van der Waals surface area contributed by atoms with Gasteiger partial charge in [0.25, 0.3) is 0 Å². The number of anilines is 1. The van der Waals surface area contributed by atoms with Gasteiger partial charge in [0.2, 0.25) is 0 Å². The molecule has 17 heavy (non-hydrogen) atoms. The standard InChI is InChI=1S/C11H9N3O3/c12-5-7-1-3-8(4-2-7)14-9(10(15)16)6-13-11(14)17/h1-4,9H,6H2,(H,13,17)(H,15,16). The van der Waals surface area contributed by atoms with Crippen molar-refractivity contribution in [2.45, 2.75) is 6.04 Å². The Labute approximate surface area is 97.1 Å². The molecule has 86 valence electrons. The van der Waals surface area contributed by atoms with Crippen molar-refractivity contribution in [2.75, 3.05) is 11.4 Å². The van der Waals surface area contributed by atoms with Crippen molar-refractivity contribution < 1.29 is 14.7 Å². The second kappa shape index (κ2) is 4.14. The number of rotatable bonds is 2. The Morgan fingerprint density at radius 3 is 2.65 bits per heavy atom. The van der Waals surface area contributed by atoms with Crippen molar-refractivity contribution in [3.8, 4) is 6.07 Å². The first kappa shape index (κ1) is 11.0. The minimum atomic E-state index is -1.06. The number of amides is 2. The molecule has 2 rings (SSSR count). The van der Waals surface area contributed by atoms with Crippen molar-refractivity contribution in [3.05, 3.63) is 29.8 Å². The van der Waals surface area contributed by atoms with Gasteiger partial charge in [-0.2, -0.15) is 5.26 Å². The summed E-state index contributed by atoms with van der Waals surface area (Å²) in [6.07, 6.45) is 0. The molecule has 1 heterocycles. The molecule has 1 unspecified atom stereocenters. The molecule has 6 heteroatoms. The van der Waals surface area contributed by atoms with Crippen LogP contribution in [0, 0.1) is 11.3 Å². The lowest BCUT2D eigenvalue weighted by Gasteiger charge is -2.19. The number of aliphatic carboxylic acids is 1. The Bertz CT molecular complexity index is 504. The molecule has 0 aliphatic carbocycles. The van der Waals surface area contributed by atoms with Crippen LogP contribution >= 0.6 is 0 Å². The lowest BCUT2D eigenvalue weighted by atomic mass is 10.2. The van der Waals surface area contributed by atoms with E-state index in [1.165, 1.54) is 4.90 Å². The average molecular weight is 231 g/mol. The molecule has 1 aromatic rings. The first-order valence-corrected chi connectivity index (χ1v) is 4.93. The van der Waals surface area contributed by atoms with E-state index in [9.17, 15) is 9.59 Å². The molecule has 0 aromatic heterocycles. The number of hydrogen-bond donors (Lipinski definition) is 2. The fourth-order valence-electron chi connectivity index (χ4n) is 1.69. The van der Waals surface area contributed by atoms with Crippen LogP contribution in [0.15, 0.2) is 24.3 Å². The summed E-state index contributed by atoms with van der Waals surface area (Å²) in [7, 11) is 0. The van der Waals surface area contributed by atoms with Gasteiger partial charge < -0.3 is 10.4 Å². The van der Waals surface area contributed by atoms with Crippen molar-refractivity contribution >= 4 is 17.7 Å². The van der Waals surface area contributed by atoms with Gasteiger partial charge in [0.1, 0.15) is 0 Å². The summed E-state index contributed by atoms with van der Waals surface area (Å²) in [6, 6.07) is 6.80. The molecule has 1 aromatic carbocycles. The highest BCUT2D eigenvalue weighted by Gasteiger charge is 2.36. The van der Waals surface area contributed by atoms with E-state index in [-0.39, 0.29) is 6.54 Å². The SMILES string of the molecule is N#Cc1ccc(N2C(=O)NCC2C(=O)O)cc1. The molecule has 1 atom stereocenters. The summed E-state index contributed by atoms with van der Waals surface area (Å²) >= 11 is 0. The number of carboxylic acids is 1. The number of carbonyl (C=O) groups is 2. The maximum Gasteiger partial charge on any atom is 0.328 e. The largest absolute Gasteiger partial charge is 0.480 e. The minimum absolute atomic E-state index is 0.0775. The predicted octanol–water partition coefficient (Wildman–Crippen LogP) is 0.541. The van der Waals surface area contributed by atoms with Crippen LogP contribution in [0.25, 0.3) is 0 Å². The third kappa shape index (κ3) is 1.90. The molecule has 0 radical (unpaired) electrons. The van der Waals surface area contributed by atoms with Crippen LogP contribution in [0.1, 0.15) is 5.56 Å². The Kier molecular flexibility index (Phi) is 2.66. The van der Waals surface area contributed by atoms with E-state index in [2.05, 4.69) is 5.32 Å². The zero-order valence-electron chi connectivity index (χ0n) is 8.75. The smallest absolute Gasteiger partial charge is 0.328 e. The van der Waals surface area contributed by atoms with Gasteiger partial charge in [0.05, 0.1) is 18.2 Å². The topological polar surface area (TPSA) is 93.4 Å². The molecular formula is C11H9N3O3. The van der Waals surface area contributed by atoms with E-state index in [1.807, 2.05) is 6.07 Å². The summed E-state index contributed by atoms with van der Waals surface area (Å²) in [5.74, 6) is -1.06. The van der Waals surface area contributed by atoms with Crippen LogP contribution < -0.4 is 10.2 Å². The number of urea groups is 1. The molecule has 6 nitrogen and oxygen atoms in total. The van der Waals surface area contributed by atoms with E-state index in [1.54, 1.807) is 24.3 Å². The number of nitrogens with zero attached hydrogens (tertiary/aromatic N) is 2. The van der Waals surface area contributed by atoms with Gasteiger partial charge in [0.15, 0.2) is 6.04 Å². The van der Waals surface area contributed by atoms with Crippen LogP contribution in [-0.2, 0) is 4.79 Å². The molecule has 2 amide bonds. The second-order valence-electron chi connectivity index (χ2n) is 3.57. The van der Waals surface area contributed by atoms with E-state index >= 15 is 0 Å². The Morgan fingerprint density at radius 1 is 1.47 bits per heavy atom. The molecule has 0 spiro atoms. The molecule has 0 bridgehead atoms. The fourth-order valence-corrected chi connectivity index (χ4v) is 1.69.